The number of hydrogen-bond donors (Lipinski definition) is 0. The molecule has 112 valence electrons. The summed E-state index contributed by atoms with van der Waals surface area (Å²) in [5.41, 5.74) is 2.66. The van der Waals surface area contributed by atoms with Gasteiger partial charge in [-0.2, -0.15) is 0 Å². The van der Waals surface area contributed by atoms with Gasteiger partial charge in [-0.25, -0.2) is 0 Å². The highest BCUT2D eigenvalue weighted by Gasteiger charge is 2.02. The largest absolute Gasteiger partial charge is 0.494 e. The topological polar surface area (TPSA) is 12.5 Å². The summed E-state index contributed by atoms with van der Waals surface area (Å²) in [4.78, 5) is 2.32. The number of ether oxygens (including phenoxy) is 1. The van der Waals surface area contributed by atoms with Crippen molar-refractivity contribution in [3.8, 4) is 5.75 Å². The molecule has 0 saturated heterocycles. The second-order valence-electron chi connectivity index (χ2n) is 5.50. The maximum absolute atomic E-state index is 5.69. The Hall–Kier alpha value is -1.80. The van der Waals surface area contributed by atoms with Gasteiger partial charge >= 0.3 is 0 Å². The molecule has 0 aliphatic rings. The monoisotopic (exact) mass is 283 g/mol. The molecule has 0 atom stereocenters. The molecule has 2 heteroatoms. The van der Waals surface area contributed by atoms with Gasteiger partial charge in [0.05, 0.1) is 6.61 Å². The quantitative estimate of drug-likeness (QED) is 0.661. The van der Waals surface area contributed by atoms with Gasteiger partial charge in [0, 0.05) is 13.1 Å². The molecule has 0 fully saturated rings. The SMILES string of the molecule is CCCCOc1ccc(CN(C)Cc2ccccc2)cc1. The summed E-state index contributed by atoms with van der Waals surface area (Å²) < 4.78 is 5.69. The first-order chi connectivity index (χ1) is 10.3. The van der Waals surface area contributed by atoms with Crippen molar-refractivity contribution in [1.82, 2.24) is 4.90 Å². The van der Waals surface area contributed by atoms with Gasteiger partial charge < -0.3 is 4.74 Å². The summed E-state index contributed by atoms with van der Waals surface area (Å²) in [6, 6.07) is 19.0. The molecule has 0 saturated carbocycles. The summed E-state index contributed by atoms with van der Waals surface area (Å²) in [6.07, 6.45) is 2.28. The number of nitrogens with zero attached hydrogens (tertiary/aromatic N) is 1. The van der Waals surface area contributed by atoms with Gasteiger partial charge in [0.25, 0.3) is 0 Å². The Morgan fingerprint density at radius 2 is 1.48 bits per heavy atom. The molecule has 2 aromatic rings. The molecule has 0 spiro atoms. The molecular weight excluding hydrogens is 258 g/mol. The number of rotatable bonds is 8. The summed E-state index contributed by atoms with van der Waals surface area (Å²) in [5, 5.41) is 0. The van der Waals surface area contributed by atoms with Gasteiger partial charge in [0.1, 0.15) is 5.75 Å². The molecule has 0 bridgehead atoms. The summed E-state index contributed by atoms with van der Waals surface area (Å²) >= 11 is 0. The summed E-state index contributed by atoms with van der Waals surface area (Å²) in [7, 11) is 2.15. The maximum Gasteiger partial charge on any atom is 0.119 e. The molecule has 0 unspecified atom stereocenters. The predicted octanol–water partition coefficient (Wildman–Crippen LogP) is 4.50. The van der Waals surface area contributed by atoms with Crippen LogP contribution in [0.2, 0.25) is 0 Å². The van der Waals surface area contributed by atoms with Crippen molar-refractivity contribution < 1.29 is 4.74 Å². The second-order valence-corrected chi connectivity index (χ2v) is 5.50. The third-order valence-corrected chi connectivity index (χ3v) is 3.44. The second kappa shape index (κ2) is 8.48. The maximum atomic E-state index is 5.69. The summed E-state index contributed by atoms with van der Waals surface area (Å²) in [5.74, 6) is 0.970. The molecular formula is C19H25NO. The van der Waals surface area contributed by atoms with Crippen molar-refractivity contribution in [3.63, 3.8) is 0 Å². The lowest BCUT2D eigenvalue weighted by molar-refractivity contribution is 0.307. The van der Waals surface area contributed by atoms with E-state index in [-0.39, 0.29) is 0 Å². The Morgan fingerprint density at radius 3 is 2.10 bits per heavy atom. The van der Waals surface area contributed by atoms with Gasteiger partial charge in [-0.3, -0.25) is 4.90 Å². The minimum Gasteiger partial charge on any atom is -0.494 e. The lowest BCUT2D eigenvalue weighted by atomic mass is 10.2. The van der Waals surface area contributed by atoms with Crippen LogP contribution in [0.25, 0.3) is 0 Å². The van der Waals surface area contributed by atoms with Crippen molar-refractivity contribution in [2.45, 2.75) is 32.9 Å². The predicted molar refractivity (Wildman–Crippen MR) is 88.5 cm³/mol. The van der Waals surface area contributed by atoms with E-state index in [1.54, 1.807) is 0 Å². The lowest BCUT2D eigenvalue weighted by Crippen LogP contribution is -2.17. The zero-order valence-electron chi connectivity index (χ0n) is 13.1. The fourth-order valence-electron chi connectivity index (χ4n) is 2.29. The number of unbranched alkanes of at least 4 members (excludes halogenated alkanes) is 1. The molecule has 0 aromatic heterocycles. The van der Waals surface area contributed by atoms with Crippen LogP contribution in [-0.4, -0.2) is 18.6 Å². The highest BCUT2D eigenvalue weighted by Crippen LogP contribution is 2.14. The Kier molecular flexibility index (Phi) is 6.29. The van der Waals surface area contributed by atoms with Crippen LogP contribution in [0.3, 0.4) is 0 Å². The van der Waals surface area contributed by atoms with Crippen LogP contribution in [0.4, 0.5) is 0 Å². The van der Waals surface area contributed by atoms with Crippen molar-refractivity contribution >= 4 is 0 Å². The molecule has 0 amide bonds. The van der Waals surface area contributed by atoms with Crippen LogP contribution < -0.4 is 4.74 Å². The molecule has 0 heterocycles. The minimum absolute atomic E-state index is 0.809. The van der Waals surface area contributed by atoms with Gasteiger partial charge in [-0.15, -0.1) is 0 Å². The summed E-state index contributed by atoms with van der Waals surface area (Å²) in [6.45, 7) is 4.90. The average molecular weight is 283 g/mol. The van der Waals surface area contributed by atoms with Crippen LogP contribution in [0.1, 0.15) is 30.9 Å². The molecule has 0 radical (unpaired) electrons. The van der Waals surface area contributed by atoms with Gasteiger partial charge in [0.2, 0.25) is 0 Å². The van der Waals surface area contributed by atoms with Crippen LogP contribution in [0.15, 0.2) is 54.6 Å². The van der Waals surface area contributed by atoms with Crippen LogP contribution in [-0.2, 0) is 13.1 Å². The third kappa shape index (κ3) is 5.60. The fraction of sp³-hybridized carbons (Fsp3) is 0.368. The van der Waals surface area contributed by atoms with Crippen molar-refractivity contribution in [3.05, 3.63) is 65.7 Å². The Labute approximate surface area is 128 Å². The van der Waals surface area contributed by atoms with Crippen LogP contribution in [0, 0.1) is 0 Å². The van der Waals surface area contributed by atoms with Crippen LogP contribution >= 0.6 is 0 Å². The zero-order chi connectivity index (χ0) is 14.9. The van der Waals surface area contributed by atoms with Gasteiger partial charge in [-0.05, 0) is 36.7 Å². The Morgan fingerprint density at radius 1 is 0.857 bits per heavy atom. The van der Waals surface area contributed by atoms with Crippen LogP contribution in [0.5, 0.6) is 5.75 Å². The van der Waals surface area contributed by atoms with E-state index in [4.69, 9.17) is 4.74 Å². The van der Waals surface area contributed by atoms with E-state index in [0.29, 0.717) is 0 Å². The first-order valence-electron chi connectivity index (χ1n) is 7.72. The first-order valence-corrected chi connectivity index (χ1v) is 7.72. The Balaban J connectivity index is 1.82. The Bertz CT molecular complexity index is 507. The van der Waals surface area contributed by atoms with E-state index >= 15 is 0 Å². The molecule has 0 aliphatic heterocycles. The highest BCUT2D eigenvalue weighted by atomic mass is 16.5. The molecule has 0 N–H and O–H groups in total. The van der Waals surface area contributed by atoms with E-state index < -0.39 is 0 Å². The number of benzene rings is 2. The molecule has 0 aliphatic carbocycles. The van der Waals surface area contributed by atoms with E-state index in [1.165, 1.54) is 17.5 Å². The van der Waals surface area contributed by atoms with Crippen molar-refractivity contribution in [1.29, 1.82) is 0 Å². The molecule has 2 nitrogen and oxygen atoms in total. The minimum atomic E-state index is 0.809. The molecule has 2 aromatic carbocycles. The smallest absolute Gasteiger partial charge is 0.119 e. The lowest BCUT2D eigenvalue weighted by Gasteiger charge is -2.17. The zero-order valence-corrected chi connectivity index (χ0v) is 13.1. The van der Waals surface area contributed by atoms with E-state index in [1.807, 2.05) is 0 Å². The van der Waals surface area contributed by atoms with E-state index in [9.17, 15) is 0 Å². The normalized spacial score (nSPS) is 10.8. The van der Waals surface area contributed by atoms with Gasteiger partial charge in [-0.1, -0.05) is 55.8 Å². The molecule has 2 rings (SSSR count). The average Bonchev–Trinajstić information content (AvgIpc) is 2.50. The first kappa shape index (κ1) is 15.6. The van der Waals surface area contributed by atoms with Crippen molar-refractivity contribution in [2.24, 2.45) is 0 Å². The van der Waals surface area contributed by atoms with E-state index in [2.05, 4.69) is 73.5 Å². The van der Waals surface area contributed by atoms with Gasteiger partial charge in [0.15, 0.2) is 0 Å². The highest BCUT2D eigenvalue weighted by molar-refractivity contribution is 5.27. The molecule has 21 heavy (non-hydrogen) atoms. The van der Waals surface area contributed by atoms with E-state index in [0.717, 1.165) is 31.9 Å². The standard InChI is InChI=1S/C19H25NO/c1-3-4-14-21-19-12-10-18(11-13-19)16-20(2)15-17-8-6-5-7-9-17/h5-13H,3-4,14-16H2,1-2H3. The number of hydrogen-bond acceptors (Lipinski definition) is 2. The third-order valence-electron chi connectivity index (χ3n) is 3.44. The van der Waals surface area contributed by atoms with Crippen molar-refractivity contribution in [2.75, 3.05) is 13.7 Å². The fourth-order valence-corrected chi connectivity index (χ4v) is 2.29.